The number of anilines is 1. The molecule has 1 aromatic heterocycles. The Morgan fingerprint density at radius 1 is 1.23 bits per heavy atom. The van der Waals surface area contributed by atoms with Gasteiger partial charge in [-0.05, 0) is 50.5 Å². The Morgan fingerprint density at radius 3 is 2.77 bits per heavy atom. The van der Waals surface area contributed by atoms with Crippen LogP contribution in [-0.2, 0) is 20.7 Å². The highest BCUT2D eigenvalue weighted by atomic mass is 32.1. The lowest BCUT2D eigenvalue weighted by Crippen LogP contribution is -2.47. The quantitative estimate of drug-likeness (QED) is 0.405. The minimum Gasteiger partial charge on any atom is -0.479 e. The number of benzene rings is 2. The largest absolute Gasteiger partial charge is 0.479 e. The van der Waals surface area contributed by atoms with Crippen LogP contribution in [0.25, 0.3) is 11.3 Å². The fraction of sp³-hybridized carbons (Fsp3) is 0.292. The van der Waals surface area contributed by atoms with Crippen molar-refractivity contribution in [1.82, 2.24) is 4.98 Å². The van der Waals surface area contributed by atoms with Crippen LogP contribution in [-0.4, -0.2) is 36.1 Å². The van der Waals surface area contributed by atoms with Gasteiger partial charge in [-0.2, -0.15) is 0 Å². The van der Waals surface area contributed by atoms with E-state index in [1.807, 2.05) is 60.8 Å². The summed E-state index contributed by atoms with van der Waals surface area (Å²) in [5.74, 6) is -0.128. The number of fused-ring (bicyclic) bond motifs is 1. The number of rotatable bonds is 7. The molecule has 0 saturated heterocycles. The number of hydrogen-bond acceptors (Lipinski definition) is 6. The first kappa shape index (κ1) is 21.1. The van der Waals surface area contributed by atoms with Gasteiger partial charge in [0.15, 0.2) is 6.10 Å². The van der Waals surface area contributed by atoms with Crippen molar-refractivity contribution in [3.8, 4) is 17.0 Å². The van der Waals surface area contributed by atoms with Gasteiger partial charge in [0.1, 0.15) is 12.3 Å². The molecule has 0 N–H and O–H groups in total. The molecular formula is C24H24N2O4S. The Balaban J connectivity index is 1.43. The second-order valence-corrected chi connectivity index (χ2v) is 8.49. The third-order valence-electron chi connectivity index (χ3n) is 5.08. The number of carbonyl (C=O) groups excluding carboxylic acids is 2. The minimum atomic E-state index is -0.661. The van der Waals surface area contributed by atoms with Crippen molar-refractivity contribution >= 4 is 28.9 Å². The predicted molar refractivity (Wildman–Crippen MR) is 120 cm³/mol. The lowest BCUT2D eigenvalue weighted by atomic mass is 10.1. The van der Waals surface area contributed by atoms with Crippen LogP contribution in [0.15, 0.2) is 53.9 Å². The first-order valence-corrected chi connectivity index (χ1v) is 11.1. The average Bonchev–Trinajstić information content (AvgIpc) is 3.21. The summed E-state index contributed by atoms with van der Waals surface area (Å²) in [5.41, 5.74) is 3.47. The van der Waals surface area contributed by atoms with E-state index in [1.165, 1.54) is 10.5 Å². The summed E-state index contributed by atoms with van der Waals surface area (Å²) in [7, 11) is 0. The normalized spacial score (nSPS) is 15.4. The van der Waals surface area contributed by atoms with Gasteiger partial charge in [0, 0.05) is 10.9 Å². The van der Waals surface area contributed by atoms with Crippen LogP contribution in [0.3, 0.4) is 0 Å². The van der Waals surface area contributed by atoms with Gasteiger partial charge in [0.05, 0.1) is 23.0 Å². The fourth-order valence-electron chi connectivity index (χ4n) is 3.51. The number of hydrogen-bond donors (Lipinski definition) is 0. The van der Waals surface area contributed by atoms with Gasteiger partial charge in [-0.25, -0.2) is 4.98 Å². The van der Waals surface area contributed by atoms with Gasteiger partial charge in [-0.15, -0.1) is 11.3 Å². The van der Waals surface area contributed by atoms with E-state index < -0.39 is 12.1 Å². The molecule has 2 heterocycles. The number of esters is 1. The minimum absolute atomic E-state index is 0.148. The van der Waals surface area contributed by atoms with E-state index in [1.54, 1.807) is 18.3 Å². The molecule has 31 heavy (non-hydrogen) atoms. The van der Waals surface area contributed by atoms with Gasteiger partial charge in [-0.3, -0.25) is 14.5 Å². The van der Waals surface area contributed by atoms with Gasteiger partial charge in [0.25, 0.3) is 5.91 Å². The molecule has 7 heteroatoms. The molecule has 0 spiro atoms. The molecule has 0 saturated carbocycles. The molecule has 4 rings (SSSR count). The van der Waals surface area contributed by atoms with Gasteiger partial charge in [-0.1, -0.05) is 30.3 Å². The maximum absolute atomic E-state index is 12.8. The Kier molecular flexibility index (Phi) is 6.32. The molecule has 3 aromatic rings. The van der Waals surface area contributed by atoms with Crippen molar-refractivity contribution in [3.05, 3.63) is 64.5 Å². The van der Waals surface area contributed by atoms with Crippen molar-refractivity contribution in [3.63, 3.8) is 0 Å². The van der Waals surface area contributed by atoms with Crippen molar-refractivity contribution in [2.24, 2.45) is 0 Å². The molecule has 6 nitrogen and oxygen atoms in total. The number of aryl methyl sites for hydroxylation is 2. The zero-order valence-electron chi connectivity index (χ0n) is 17.5. The second-order valence-electron chi connectivity index (χ2n) is 7.43. The number of nitrogens with zero attached hydrogens (tertiary/aromatic N) is 2. The maximum atomic E-state index is 12.8. The Bertz CT molecular complexity index is 1080. The van der Waals surface area contributed by atoms with Crippen LogP contribution in [0.5, 0.6) is 5.75 Å². The fourth-order valence-corrected chi connectivity index (χ4v) is 4.13. The zero-order valence-corrected chi connectivity index (χ0v) is 18.4. The molecule has 0 radical (unpaired) electrons. The van der Waals surface area contributed by atoms with E-state index in [0.29, 0.717) is 18.0 Å². The third kappa shape index (κ3) is 4.94. The predicted octanol–water partition coefficient (Wildman–Crippen LogP) is 4.41. The highest BCUT2D eigenvalue weighted by molar-refractivity contribution is 7.09. The highest BCUT2D eigenvalue weighted by Crippen LogP contribution is 2.37. The molecule has 1 aliphatic heterocycles. The molecule has 1 unspecified atom stereocenters. The summed E-state index contributed by atoms with van der Waals surface area (Å²) in [5, 5.41) is 2.93. The maximum Gasteiger partial charge on any atom is 0.326 e. The van der Waals surface area contributed by atoms with Crippen LogP contribution in [0.1, 0.15) is 23.9 Å². The first-order valence-electron chi connectivity index (χ1n) is 10.3. The monoisotopic (exact) mass is 436 g/mol. The van der Waals surface area contributed by atoms with Gasteiger partial charge in [0.2, 0.25) is 0 Å². The molecule has 0 bridgehead atoms. The summed E-state index contributed by atoms with van der Waals surface area (Å²) < 4.78 is 11.1. The van der Waals surface area contributed by atoms with Crippen LogP contribution in [0.4, 0.5) is 5.69 Å². The van der Waals surface area contributed by atoms with E-state index in [4.69, 9.17) is 9.47 Å². The molecular weight excluding hydrogens is 412 g/mol. The Morgan fingerprint density at radius 2 is 2.03 bits per heavy atom. The van der Waals surface area contributed by atoms with Crippen LogP contribution < -0.4 is 9.64 Å². The standard InChI is InChI=1S/C24H24N2O4S/c1-16-24(28)26(14-23(27)29-12-6-9-18-7-4-3-5-8-18)21-13-19(10-11-22(21)30-16)20-15-31-17(2)25-20/h3-5,7-8,10-11,13,15-16H,6,9,12,14H2,1-2H3. The number of amides is 1. The molecule has 1 atom stereocenters. The molecule has 2 aromatic carbocycles. The molecule has 1 aliphatic rings. The van der Waals surface area contributed by atoms with Crippen molar-refractivity contribution in [2.45, 2.75) is 32.8 Å². The topological polar surface area (TPSA) is 68.7 Å². The Hall–Kier alpha value is -3.19. The summed E-state index contributed by atoms with van der Waals surface area (Å²) >= 11 is 1.56. The molecule has 1 amide bonds. The summed E-state index contributed by atoms with van der Waals surface area (Å²) in [6, 6.07) is 15.6. The SMILES string of the molecule is Cc1nc(-c2ccc3c(c2)N(CC(=O)OCCCc2ccccc2)C(=O)C(C)O3)cs1. The second kappa shape index (κ2) is 9.31. The van der Waals surface area contributed by atoms with Gasteiger partial charge >= 0.3 is 5.97 Å². The lowest BCUT2D eigenvalue weighted by molar-refractivity contribution is -0.143. The van der Waals surface area contributed by atoms with Crippen LogP contribution >= 0.6 is 11.3 Å². The van der Waals surface area contributed by atoms with E-state index >= 15 is 0 Å². The van der Waals surface area contributed by atoms with Crippen LogP contribution in [0.2, 0.25) is 0 Å². The molecule has 0 fully saturated rings. The zero-order chi connectivity index (χ0) is 21.8. The average molecular weight is 437 g/mol. The summed E-state index contributed by atoms with van der Waals surface area (Å²) in [6.07, 6.45) is 0.902. The van der Waals surface area contributed by atoms with Crippen LogP contribution in [0, 0.1) is 6.92 Å². The van der Waals surface area contributed by atoms with E-state index in [9.17, 15) is 9.59 Å². The molecule has 0 aliphatic carbocycles. The first-order chi connectivity index (χ1) is 15.0. The lowest BCUT2D eigenvalue weighted by Gasteiger charge is -2.32. The number of carbonyl (C=O) groups is 2. The number of ether oxygens (including phenoxy) is 2. The van der Waals surface area contributed by atoms with Crippen molar-refractivity contribution in [2.75, 3.05) is 18.1 Å². The number of aromatic nitrogens is 1. The van der Waals surface area contributed by atoms with Crippen molar-refractivity contribution < 1.29 is 19.1 Å². The van der Waals surface area contributed by atoms with E-state index in [-0.39, 0.29) is 12.5 Å². The van der Waals surface area contributed by atoms with Gasteiger partial charge < -0.3 is 9.47 Å². The third-order valence-corrected chi connectivity index (χ3v) is 5.86. The summed E-state index contributed by atoms with van der Waals surface area (Å²) in [4.78, 5) is 31.2. The van der Waals surface area contributed by atoms with E-state index in [2.05, 4.69) is 4.98 Å². The van der Waals surface area contributed by atoms with E-state index in [0.717, 1.165) is 29.1 Å². The number of thiazole rings is 1. The van der Waals surface area contributed by atoms with Crippen molar-refractivity contribution in [1.29, 1.82) is 0 Å². The highest BCUT2D eigenvalue weighted by Gasteiger charge is 2.33. The summed E-state index contributed by atoms with van der Waals surface area (Å²) in [6.45, 7) is 3.79. The molecule has 160 valence electrons. The Labute approximate surface area is 185 Å². The smallest absolute Gasteiger partial charge is 0.326 e.